The second kappa shape index (κ2) is 14.7. The highest BCUT2D eigenvalue weighted by Gasteiger charge is 2.30. The second-order valence-corrected chi connectivity index (χ2v) is 19.4. The lowest BCUT2D eigenvalue weighted by Crippen LogP contribution is -2.24. The maximum Gasteiger partial charge on any atom is 0.137 e. The topological polar surface area (TPSA) is 57.3 Å². The van der Waals surface area contributed by atoms with Crippen LogP contribution < -0.4 is 14.5 Å². The molecule has 0 aliphatic carbocycles. The summed E-state index contributed by atoms with van der Waals surface area (Å²) in [5.74, 6) is 2.40. The maximum absolute atomic E-state index is 10.0. The summed E-state index contributed by atoms with van der Waals surface area (Å²) in [4.78, 5) is 9.62. The number of pyridine rings is 1. The largest absolute Gasteiger partial charge is 0.457 e. The quantitative estimate of drug-likeness (QED) is 0.168. The third-order valence-corrected chi connectivity index (χ3v) is 12.0. The number of anilines is 4. The van der Waals surface area contributed by atoms with Crippen LogP contribution in [0.2, 0.25) is 0 Å². The maximum atomic E-state index is 10.0. The lowest BCUT2D eigenvalue weighted by Gasteiger charge is -2.27. The molecule has 0 radical (unpaired) electrons. The molecule has 0 saturated heterocycles. The molecule has 304 valence electrons. The van der Waals surface area contributed by atoms with Gasteiger partial charge in [0.25, 0.3) is 0 Å². The number of benzene rings is 6. The van der Waals surface area contributed by atoms with Gasteiger partial charge in [-0.2, -0.15) is 5.26 Å². The third kappa shape index (κ3) is 7.50. The summed E-state index contributed by atoms with van der Waals surface area (Å²) in [6.07, 6.45) is 1.91. The number of aromatic nitrogens is 2. The molecule has 61 heavy (non-hydrogen) atoms. The van der Waals surface area contributed by atoms with Gasteiger partial charge in [-0.25, -0.2) is 4.98 Å². The van der Waals surface area contributed by atoms with Crippen LogP contribution in [0, 0.1) is 11.3 Å². The lowest BCUT2D eigenvalue weighted by molar-refractivity contribution is 0.483. The van der Waals surface area contributed by atoms with E-state index in [2.05, 4.69) is 204 Å². The number of nitriles is 1. The SMILES string of the molecule is CC(C)(C)c1cc(C#N)cc(-c2cc(N3CN(c4cccc(Oc5ccc6c7ccccc7n(-c7cc(C(C)(C)C)ccn7)c6c5)c4)c4ccccc43)cc(C(C)(C)C)c2)c1. The first-order chi connectivity index (χ1) is 29.0. The van der Waals surface area contributed by atoms with Crippen LogP contribution in [0.15, 0.2) is 146 Å². The standard InChI is InChI=1S/C55H53N5O/c1-53(2,3)39-23-24-57-52(31-39)60-48-18-11-10-17-46(48)47-22-21-45(33-51(47)60)61-44-16-14-15-42(32-44)58-35-59(50-20-13-12-19-49(50)58)43-29-38(28-41(30-43)55(7,8)9)37-25-36(34-56)26-40(27-37)54(4,5)6/h10-33H,35H2,1-9H3. The van der Waals surface area contributed by atoms with Gasteiger partial charge in [0.2, 0.25) is 0 Å². The summed E-state index contributed by atoms with van der Waals surface area (Å²) in [5.41, 5.74) is 12.8. The average molecular weight is 800 g/mol. The Morgan fingerprint density at radius 1 is 0.525 bits per heavy atom. The highest BCUT2D eigenvalue weighted by molar-refractivity contribution is 6.09. The van der Waals surface area contributed by atoms with Crippen molar-refractivity contribution >= 4 is 44.6 Å². The zero-order valence-electron chi connectivity index (χ0n) is 36.7. The van der Waals surface area contributed by atoms with Crippen molar-refractivity contribution in [1.82, 2.24) is 9.55 Å². The molecule has 0 unspecified atom stereocenters. The Morgan fingerprint density at radius 2 is 1.15 bits per heavy atom. The van der Waals surface area contributed by atoms with E-state index in [0.717, 1.165) is 73.2 Å². The van der Waals surface area contributed by atoms with Crippen molar-refractivity contribution in [3.8, 4) is 34.5 Å². The van der Waals surface area contributed by atoms with Crippen molar-refractivity contribution in [2.75, 3.05) is 16.5 Å². The highest BCUT2D eigenvalue weighted by atomic mass is 16.5. The van der Waals surface area contributed by atoms with Gasteiger partial charge in [-0.3, -0.25) is 4.57 Å². The molecular formula is C55H53N5O. The Hall–Kier alpha value is -6.84. The van der Waals surface area contributed by atoms with Gasteiger partial charge in [-0.05, 0) is 123 Å². The summed E-state index contributed by atoms with van der Waals surface area (Å²) in [6, 6.07) is 51.8. The minimum absolute atomic E-state index is 0.0101. The molecular weight excluding hydrogens is 747 g/mol. The molecule has 1 aliphatic rings. The van der Waals surface area contributed by atoms with Crippen molar-refractivity contribution < 1.29 is 4.74 Å². The summed E-state index contributed by atoms with van der Waals surface area (Å²) < 4.78 is 8.98. The zero-order chi connectivity index (χ0) is 42.8. The zero-order valence-corrected chi connectivity index (χ0v) is 36.7. The second-order valence-electron chi connectivity index (χ2n) is 19.4. The minimum atomic E-state index is -0.0978. The van der Waals surface area contributed by atoms with Crippen LogP contribution in [0.3, 0.4) is 0 Å². The number of nitrogens with zero attached hydrogens (tertiary/aromatic N) is 5. The first-order valence-electron chi connectivity index (χ1n) is 21.2. The molecule has 0 saturated carbocycles. The molecule has 1 aliphatic heterocycles. The Morgan fingerprint density at radius 3 is 1.85 bits per heavy atom. The van der Waals surface area contributed by atoms with Crippen molar-refractivity contribution in [1.29, 1.82) is 5.26 Å². The van der Waals surface area contributed by atoms with E-state index in [1.165, 1.54) is 16.5 Å². The Kier molecular flexibility index (Phi) is 9.55. The first kappa shape index (κ1) is 39.6. The molecule has 0 spiro atoms. The smallest absolute Gasteiger partial charge is 0.137 e. The van der Waals surface area contributed by atoms with Crippen LogP contribution in [-0.4, -0.2) is 16.2 Å². The highest BCUT2D eigenvalue weighted by Crippen LogP contribution is 2.47. The average Bonchev–Trinajstić information content (AvgIpc) is 3.79. The van der Waals surface area contributed by atoms with Crippen LogP contribution >= 0.6 is 0 Å². The van der Waals surface area contributed by atoms with E-state index >= 15 is 0 Å². The van der Waals surface area contributed by atoms with Crippen molar-refractivity contribution in [3.63, 3.8) is 0 Å². The van der Waals surface area contributed by atoms with E-state index in [0.29, 0.717) is 12.2 Å². The number of ether oxygens (including phenoxy) is 1. The summed E-state index contributed by atoms with van der Waals surface area (Å²) in [7, 11) is 0. The van der Waals surface area contributed by atoms with Crippen LogP contribution in [0.4, 0.5) is 22.7 Å². The summed E-state index contributed by atoms with van der Waals surface area (Å²) in [5, 5.41) is 12.4. The van der Waals surface area contributed by atoms with E-state index in [4.69, 9.17) is 9.72 Å². The van der Waals surface area contributed by atoms with Crippen molar-refractivity contribution in [2.45, 2.75) is 78.6 Å². The molecule has 8 aromatic rings. The van der Waals surface area contributed by atoms with Crippen LogP contribution in [0.1, 0.15) is 84.6 Å². The molecule has 6 nitrogen and oxygen atoms in total. The normalized spacial score (nSPS) is 13.2. The predicted molar refractivity (Wildman–Crippen MR) is 253 cm³/mol. The van der Waals surface area contributed by atoms with Gasteiger partial charge in [0.15, 0.2) is 0 Å². The van der Waals surface area contributed by atoms with E-state index in [1.807, 2.05) is 24.4 Å². The van der Waals surface area contributed by atoms with Gasteiger partial charge in [-0.1, -0.05) is 111 Å². The van der Waals surface area contributed by atoms with Crippen molar-refractivity contribution in [2.24, 2.45) is 0 Å². The fraction of sp³-hybridized carbons (Fsp3) is 0.236. The number of rotatable bonds is 6. The van der Waals surface area contributed by atoms with E-state index < -0.39 is 0 Å². The Labute approximate surface area is 360 Å². The van der Waals surface area contributed by atoms with Crippen molar-refractivity contribution in [3.05, 3.63) is 168 Å². The molecule has 2 aromatic heterocycles. The van der Waals surface area contributed by atoms with Crippen LogP contribution in [-0.2, 0) is 16.2 Å². The molecule has 0 N–H and O–H groups in total. The number of hydrogen-bond acceptors (Lipinski definition) is 5. The van der Waals surface area contributed by atoms with Crippen LogP contribution in [0.5, 0.6) is 11.5 Å². The third-order valence-electron chi connectivity index (χ3n) is 12.0. The van der Waals surface area contributed by atoms with Gasteiger partial charge in [0.1, 0.15) is 24.0 Å². The monoisotopic (exact) mass is 799 g/mol. The minimum Gasteiger partial charge on any atom is -0.457 e. The van der Waals surface area contributed by atoms with E-state index in [1.54, 1.807) is 0 Å². The molecule has 0 amide bonds. The molecule has 9 rings (SSSR count). The molecule has 0 atom stereocenters. The summed E-state index contributed by atoms with van der Waals surface area (Å²) >= 11 is 0. The molecule has 6 aromatic carbocycles. The van der Waals surface area contributed by atoms with Gasteiger partial charge in [0.05, 0.1) is 34.0 Å². The number of fused-ring (bicyclic) bond motifs is 4. The lowest BCUT2D eigenvalue weighted by atomic mass is 9.82. The van der Waals surface area contributed by atoms with Gasteiger partial charge < -0.3 is 14.5 Å². The van der Waals surface area contributed by atoms with Gasteiger partial charge in [-0.15, -0.1) is 0 Å². The molecule has 3 heterocycles. The molecule has 6 heteroatoms. The van der Waals surface area contributed by atoms with Gasteiger partial charge in [0, 0.05) is 40.5 Å². The van der Waals surface area contributed by atoms with E-state index in [9.17, 15) is 5.26 Å². The van der Waals surface area contributed by atoms with Crippen LogP contribution in [0.25, 0.3) is 38.8 Å². The van der Waals surface area contributed by atoms with E-state index in [-0.39, 0.29) is 16.2 Å². The fourth-order valence-corrected chi connectivity index (χ4v) is 8.43. The Bertz CT molecular complexity index is 3020. The Balaban J connectivity index is 1.08. The summed E-state index contributed by atoms with van der Waals surface area (Å²) in [6.45, 7) is 20.7. The van der Waals surface area contributed by atoms with Gasteiger partial charge >= 0.3 is 0 Å². The first-order valence-corrected chi connectivity index (χ1v) is 21.2. The predicted octanol–water partition coefficient (Wildman–Crippen LogP) is 14.6. The fourth-order valence-electron chi connectivity index (χ4n) is 8.43. The molecule has 0 fully saturated rings. The number of para-hydroxylation sites is 3. The molecule has 0 bridgehead atoms. The number of hydrogen-bond donors (Lipinski definition) is 0.